The molecule has 2 rings (SSSR count). The van der Waals surface area contributed by atoms with Crippen molar-refractivity contribution >= 4 is 0 Å². The smallest absolute Gasteiger partial charge is 0.0137 e. The fourth-order valence-corrected chi connectivity index (χ4v) is 2.11. The minimum absolute atomic E-state index is 0.818. The third-order valence-electron chi connectivity index (χ3n) is 2.70. The van der Waals surface area contributed by atoms with E-state index in [1.54, 1.807) is 0 Å². The van der Waals surface area contributed by atoms with E-state index in [0.29, 0.717) is 0 Å². The van der Waals surface area contributed by atoms with E-state index in [1.165, 1.54) is 25.7 Å². The number of hydrogen-bond acceptors (Lipinski definition) is 1. The highest BCUT2D eigenvalue weighted by Crippen LogP contribution is 2.26. The Morgan fingerprint density at radius 1 is 1.20 bits per heavy atom. The van der Waals surface area contributed by atoms with Crippen LogP contribution in [0.25, 0.3) is 0 Å². The summed E-state index contributed by atoms with van der Waals surface area (Å²) in [4.78, 5) is 0. The van der Waals surface area contributed by atoms with Gasteiger partial charge in [-0.25, -0.2) is 0 Å². The van der Waals surface area contributed by atoms with Crippen molar-refractivity contribution < 1.29 is 0 Å². The standard InChI is InChI=1S/C9H15N/c1-2-6-9-8(4-1)5-3-7-10-9/h3,5,8-10H,1-2,4,6-7H2/t8-,9+/m0/s1. The van der Waals surface area contributed by atoms with Crippen molar-refractivity contribution in [1.82, 2.24) is 5.32 Å². The van der Waals surface area contributed by atoms with E-state index in [1.807, 2.05) is 0 Å². The molecule has 0 amide bonds. The molecule has 10 heavy (non-hydrogen) atoms. The first-order valence-corrected chi connectivity index (χ1v) is 4.37. The number of nitrogens with one attached hydrogen (secondary N) is 1. The molecule has 1 saturated carbocycles. The van der Waals surface area contributed by atoms with Crippen LogP contribution in [-0.2, 0) is 0 Å². The lowest BCUT2D eigenvalue weighted by molar-refractivity contribution is 0.304. The summed E-state index contributed by atoms with van der Waals surface area (Å²) in [5, 5.41) is 3.53. The molecule has 0 aromatic carbocycles. The van der Waals surface area contributed by atoms with Crippen molar-refractivity contribution in [2.45, 2.75) is 31.7 Å². The van der Waals surface area contributed by atoms with Gasteiger partial charge >= 0.3 is 0 Å². The second-order valence-electron chi connectivity index (χ2n) is 3.39. The molecule has 1 heterocycles. The Hall–Kier alpha value is -0.300. The Morgan fingerprint density at radius 3 is 3.00 bits per heavy atom. The van der Waals surface area contributed by atoms with Crippen LogP contribution < -0.4 is 5.32 Å². The third kappa shape index (κ3) is 1.10. The topological polar surface area (TPSA) is 12.0 Å². The van der Waals surface area contributed by atoms with Crippen molar-refractivity contribution in [3.63, 3.8) is 0 Å². The molecule has 0 spiro atoms. The van der Waals surface area contributed by atoms with Crippen LogP contribution in [0.15, 0.2) is 12.2 Å². The van der Waals surface area contributed by atoms with Gasteiger partial charge in [0.1, 0.15) is 0 Å². The molecule has 0 aromatic rings. The summed E-state index contributed by atoms with van der Waals surface area (Å²) in [7, 11) is 0. The minimum Gasteiger partial charge on any atom is -0.310 e. The molecule has 1 fully saturated rings. The monoisotopic (exact) mass is 137 g/mol. The lowest BCUT2D eigenvalue weighted by Gasteiger charge is -2.32. The first-order chi connectivity index (χ1) is 4.97. The molecule has 2 aliphatic rings. The fraction of sp³-hybridized carbons (Fsp3) is 0.778. The molecule has 1 heteroatoms. The first-order valence-electron chi connectivity index (χ1n) is 4.37. The molecule has 1 aliphatic carbocycles. The van der Waals surface area contributed by atoms with Gasteiger partial charge < -0.3 is 5.32 Å². The van der Waals surface area contributed by atoms with E-state index in [9.17, 15) is 0 Å². The van der Waals surface area contributed by atoms with Gasteiger partial charge in [0.25, 0.3) is 0 Å². The van der Waals surface area contributed by atoms with Gasteiger partial charge in [0.05, 0.1) is 0 Å². The van der Waals surface area contributed by atoms with Crippen molar-refractivity contribution in [2.75, 3.05) is 6.54 Å². The Morgan fingerprint density at radius 2 is 2.10 bits per heavy atom. The number of rotatable bonds is 0. The average Bonchev–Trinajstić information content (AvgIpc) is 2.05. The van der Waals surface area contributed by atoms with Gasteiger partial charge in [-0.05, 0) is 18.8 Å². The van der Waals surface area contributed by atoms with Gasteiger partial charge in [-0.3, -0.25) is 0 Å². The van der Waals surface area contributed by atoms with Gasteiger partial charge in [0, 0.05) is 12.6 Å². The quantitative estimate of drug-likeness (QED) is 0.501. The predicted molar refractivity (Wildman–Crippen MR) is 42.9 cm³/mol. The summed E-state index contributed by atoms with van der Waals surface area (Å²) in [6.45, 7) is 1.10. The summed E-state index contributed by atoms with van der Waals surface area (Å²) in [6, 6.07) is 0.818. The molecule has 0 saturated heterocycles. The number of hydrogen-bond donors (Lipinski definition) is 1. The molecular weight excluding hydrogens is 122 g/mol. The van der Waals surface area contributed by atoms with Gasteiger partial charge in [-0.2, -0.15) is 0 Å². The zero-order valence-corrected chi connectivity index (χ0v) is 6.34. The predicted octanol–water partition coefficient (Wildman–Crippen LogP) is 1.70. The summed E-state index contributed by atoms with van der Waals surface area (Å²) in [5.74, 6) is 0.863. The van der Waals surface area contributed by atoms with Gasteiger partial charge in [-0.15, -0.1) is 0 Å². The SMILES string of the molecule is C1=C[C@@H]2CCCC[C@H]2NC1. The summed E-state index contributed by atoms with van der Waals surface area (Å²) in [6.07, 6.45) is 10.4. The van der Waals surface area contributed by atoms with Gasteiger partial charge in [0.2, 0.25) is 0 Å². The van der Waals surface area contributed by atoms with Gasteiger partial charge in [-0.1, -0.05) is 25.0 Å². The highest BCUT2D eigenvalue weighted by molar-refractivity contribution is 5.02. The largest absolute Gasteiger partial charge is 0.310 e. The molecule has 1 nitrogen and oxygen atoms in total. The van der Waals surface area contributed by atoms with E-state index in [0.717, 1.165) is 18.5 Å². The maximum Gasteiger partial charge on any atom is 0.0137 e. The Balaban J connectivity index is 2.03. The van der Waals surface area contributed by atoms with Crippen molar-refractivity contribution in [2.24, 2.45) is 5.92 Å². The van der Waals surface area contributed by atoms with Crippen LogP contribution >= 0.6 is 0 Å². The van der Waals surface area contributed by atoms with Crippen LogP contribution in [0.2, 0.25) is 0 Å². The molecular formula is C9H15N. The van der Waals surface area contributed by atoms with E-state index in [4.69, 9.17) is 0 Å². The first kappa shape index (κ1) is 6.41. The zero-order valence-electron chi connectivity index (χ0n) is 6.34. The number of fused-ring (bicyclic) bond motifs is 1. The molecule has 56 valence electrons. The molecule has 0 bridgehead atoms. The molecule has 2 atom stereocenters. The summed E-state index contributed by atoms with van der Waals surface area (Å²) >= 11 is 0. The zero-order chi connectivity index (χ0) is 6.81. The van der Waals surface area contributed by atoms with Crippen LogP contribution in [0.1, 0.15) is 25.7 Å². The second-order valence-corrected chi connectivity index (χ2v) is 3.39. The highest BCUT2D eigenvalue weighted by atomic mass is 14.9. The summed E-state index contributed by atoms with van der Waals surface area (Å²) < 4.78 is 0. The van der Waals surface area contributed by atoms with Crippen LogP contribution in [0.5, 0.6) is 0 Å². The van der Waals surface area contributed by atoms with E-state index < -0.39 is 0 Å². The van der Waals surface area contributed by atoms with Crippen molar-refractivity contribution in [1.29, 1.82) is 0 Å². The molecule has 0 radical (unpaired) electrons. The molecule has 0 aromatic heterocycles. The highest BCUT2D eigenvalue weighted by Gasteiger charge is 2.23. The summed E-state index contributed by atoms with van der Waals surface area (Å²) in [5.41, 5.74) is 0. The maximum absolute atomic E-state index is 3.53. The second kappa shape index (κ2) is 2.75. The lowest BCUT2D eigenvalue weighted by atomic mass is 9.83. The third-order valence-corrected chi connectivity index (χ3v) is 2.70. The maximum atomic E-state index is 3.53. The van der Waals surface area contributed by atoms with Crippen LogP contribution in [0.4, 0.5) is 0 Å². The Labute approximate surface area is 62.5 Å². The van der Waals surface area contributed by atoms with Crippen LogP contribution in [0, 0.1) is 5.92 Å². The van der Waals surface area contributed by atoms with Gasteiger partial charge in [0.15, 0.2) is 0 Å². The normalized spacial score (nSPS) is 39.2. The van der Waals surface area contributed by atoms with E-state index in [2.05, 4.69) is 17.5 Å². The van der Waals surface area contributed by atoms with Crippen molar-refractivity contribution in [3.8, 4) is 0 Å². The van der Waals surface area contributed by atoms with E-state index >= 15 is 0 Å². The average molecular weight is 137 g/mol. The van der Waals surface area contributed by atoms with Crippen molar-refractivity contribution in [3.05, 3.63) is 12.2 Å². The fourth-order valence-electron chi connectivity index (χ4n) is 2.11. The minimum atomic E-state index is 0.818. The Bertz CT molecular complexity index is 140. The Kier molecular flexibility index (Phi) is 1.76. The molecule has 1 N–H and O–H groups in total. The van der Waals surface area contributed by atoms with Crippen LogP contribution in [0.3, 0.4) is 0 Å². The molecule has 0 unspecified atom stereocenters. The van der Waals surface area contributed by atoms with Crippen LogP contribution in [-0.4, -0.2) is 12.6 Å². The molecule has 1 aliphatic heterocycles. The van der Waals surface area contributed by atoms with E-state index in [-0.39, 0.29) is 0 Å². The lowest BCUT2D eigenvalue weighted by Crippen LogP contribution is -2.40.